The smallest absolute Gasteiger partial charge is 0.0972 e. The van der Waals surface area contributed by atoms with Crippen molar-refractivity contribution in [1.82, 2.24) is 15.1 Å². The molecule has 0 amide bonds. The molecule has 1 aromatic rings. The molecule has 1 rings (SSSR count). The Balaban J connectivity index is 2.37. The van der Waals surface area contributed by atoms with Gasteiger partial charge in [0.1, 0.15) is 0 Å². The lowest BCUT2D eigenvalue weighted by atomic mass is 10.1. The molecule has 0 aromatic carbocycles. The van der Waals surface area contributed by atoms with Crippen LogP contribution in [0.3, 0.4) is 0 Å². The van der Waals surface area contributed by atoms with Crippen LogP contribution in [0.4, 0.5) is 0 Å². The van der Waals surface area contributed by atoms with Crippen LogP contribution in [-0.4, -0.2) is 38.7 Å². The van der Waals surface area contributed by atoms with Gasteiger partial charge >= 0.3 is 0 Å². The summed E-state index contributed by atoms with van der Waals surface area (Å²) in [7, 11) is 0. The van der Waals surface area contributed by atoms with Crippen LogP contribution >= 0.6 is 0 Å². The van der Waals surface area contributed by atoms with E-state index in [4.69, 9.17) is 5.11 Å². The minimum absolute atomic E-state index is 0.250. The van der Waals surface area contributed by atoms with Crippen LogP contribution in [0, 0.1) is 0 Å². The number of hydrogen-bond acceptors (Lipinski definition) is 4. The van der Waals surface area contributed by atoms with Gasteiger partial charge in [-0.1, -0.05) is 0 Å². The van der Waals surface area contributed by atoms with Crippen molar-refractivity contribution in [2.75, 3.05) is 13.2 Å². The Labute approximate surface area is 96.1 Å². The third-order valence-corrected chi connectivity index (χ3v) is 2.35. The minimum atomic E-state index is -1.07. The quantitative estimate of drug-likeness (QED) is 0.653. The number of aliphatic hydroxyl groups is 2. The first-order valence-corrected chi connectivity index (χ1v) is 5.52. The summed E-state index contributed by atoms with van der Waals surface area (Å²) in [6, 6.07) is 2.30. The first kappa shape index (κ1) is 13.2. The van der Waals surface area contributed by atoms with Crippen LogP contribution in [0.1, 0.15) is 32.5 Å². The van der Waals surface area contributed by atoms with Gasteiger partial charge in [-0.25, -0.2) is 0 Å². The Hall–Kier alpha value is -0.910. The molecule has 0 aliphatic heterocycles. The normalized spacial score (nSPS) is 15.4. The fourth-order valence-electron chi connectivity index (χ4n) is 1.28. The van der Waals surface area contributed by atoms with Crippen LogP contribution in [0.25, 0.3) is 0 Å². The van der Waals surface area contributed by atoms with Crippen molar-refractivity contribution in [3.8, 4) is 0 Å². The maximum atomic E-state index is 9.56. The van der Waals surface area contributed by atoms with Gasteiger partial charge in [-0.3, -0.25) is 4.68 Å². The fourth-order valence-corrected chi connectivity index (χ4v) is 1.28. The number of rotatable bonds is 6. The van der Waals surface area contributed by atoms with Gasteiger partial charge < -0.3 is 15.5 Å². The maximum absolute atomic E-state index is 9.56. The van der Waals surface area contributed by atoms with Crippen LogP contribution in [-0.2, 0) is 6.54 Å². The second-order valence-corrected chi connectivity index (χ2v) is 4.64. The summed E-state index contributed by atoms with van der Waals surface area (Å²) in [4.78, 5) is 0. The minimum Gasteiger partial charge on any atom is -0.393 e. The van der Waals surface area contributed by atoms with Crippen molar-refractivity contribution in [3.63, 3.8) is 0 Å². The molecule has 92 valence electrons. The highest BCUT2D eigenvalue weighted by Gasteiger charge is 2.17. The zero-order valence-corrected chi connectivity index (χ0v) is 10.1. The van der Waals surface area contributed by atoms with E-state index in [0.717, 1.165) is 5.69 Å². The Bertz CT molecular complexity index is 321. The summed E-state index contributed by atoms with van der Waals surface area (Å²) in [5.74, 6) is 0. The van der Waals surface area contributed by atoms with Gasteiger partial charge in [-0.2, -0.15) is 5.10 Å². The molecular weight excluding hydrogens is 206 g/mol. The molecular formula is C11H21N3O2. The highest BCUT2D eigenvalue weighted by Crippen LogP contribution is 2.04. The van der Waals surface area contributed by atoms with E-state index in [1.807, 2.05) is 16.9 Å². The van der Waals surface area contributed by atoms with Crippen molar-refractivity contribution in [2.45, 2.75) is 39.0 Å². The molecule has 1 aromatic heterocycles. The molecule has 0 saturated carbocycles. The van der Waals surface area contributed by atoms with Crippen molar-refractivity contribution in [3.05, 3.63) is 18.0 Å². The molecule has 3 N–H and O–H groups in total. The zero-order chi connectivity index (χ0) is 12.2. The molecule has 1 atom stereocenters. The number of hydrogen-bond donors (Lipinski definition) is 3. The summed E-state index contributed by atoms with van der Waals surface area (Å²) in [6.45, 7) is 6.42. The molecule has 5 nitrogen and oxygen atoms in total. The van der Waals surface area contributed by atoms with Crippen LogP contribution < -0.4 is 5.32 Å². The second kappa shape index (κ2) is 5.43. The van der Waals surface area contributed by atoms with Crippen LogP contribution in [0.15, 0.2) is 12.3 Å². The number of aliphatic hydroxyl groups excluding tert-OH is 1. The van der Waals surface area contributed by atoms with E-state index >= 15 is 0 Å². The summed E-state index contributed by atoms with van der Waals surface area (Å²) >= 11 is 0. The molecule has 0 fully saturated rings. The van der Waals surface area contributed by atoms with E-state index in [2.05, 4.69) is 24.3 Å². The van der Waals surface area contributed by atoms with E-state index in [-0.39, 0.29) is 6.61 Å². The van der Waals surface area contributed by atoms with Gasteiger partial charge in [0.2, 0.25) is 0 Å². The van der Waals surface area contributed by atoms with Crippen molar-refractivity contribution in [1.29, 1.82) is 0 Å². The molecule has 16 heavy (non-hydrogen) atoms. The molecule has 1 unspecified atom stereocenters. The zero-order valence-electron chi connectivity index (χ0n) is 10.1. The van der Waals surface area contributed by atoms with Gasteiger partial charge in [0.15, 0.2) is 0 Å². The summed E-state index contributed by atoms with van der Waals surface area (Å²) in [5.41, 5.74) is -0.136. The monoisotopic (exact) mass is 227 g/mol. The molecule has 0 radical (unpaired) electrons. The first-order valence-electron chi connectivity index (χ1n) is 5.52. The largest absolute Gasteiger partial charge is 0.393 e. The fraction of sp³-hybridized carbons (Fsp3) is 0.727. The average Bonchev–Trinajstić information content (AvgIpc) is 2.66. The molecule has 1 heterocycles. The Morgan fingerprint density at radius 2 is 2.25 bits per heavy atom. The molecule has 0 bridgehead atoms. The Morgan fingerprint density at radius 1 is 1.56 bits per heavy atom. The van der Waals surface area contributed by atoms with E-state index in [0.29, 0.717) is 19.1 Å². The third kappa shape index (κ3) is 3.92. The SMILES string of the molecule is CC(C)n1ccc(CNCC(C)(O)CO)n1. The van der Waals surface area contributed by atoms with Gasteiger partial charge in [-0.15, -0.1) is 0 Å². The molecule has 0 aliphatic carbocycles. The standard InChI is InChI=1S/C11H21N3O2/c1-9(2)14-5-4-10(13-14)6-12-7-11(3,16)8-15/h4-5,9,12,15-16H,6-8H2,1-3H3. The van der Waals surface area contributed by atoms with Crippen molar-refractivity contribution in [2.24, 2.45) is 0 Å². The van der Waals surface area contributed by atoms with Gasteiger partial charge in [0.25, 0.3) is 0 Å². The van der Waals surface area contributed by atoms with Gasteiger partial charge in [0, 0.05) is 25.3 Å². The second-order valence-electron chi connectivity index (χ2n) is 4.64. The van der Waals surface area contributed by atoms with E-state index in [1.165, 1.54) is 0 Å². The van der Waals surface area contributed by atoms with Crippen molar-refractivity contribution >= 4 is 0 Å². The molecule has 0 spiro atoms. The summed E-state index contributed by atoms with van der Waals surface area (Å²) < 4.78 is 1.89. The van der Waals surface area contributed by atoms with E-state index in [1.54, 1.807) is 6.92 Å². The molecule has 0 saturated heterocycles. The topological polar surface area (TPSA) is 70.3 Å². The lowest BCUT2D eigenvalue weighted by Crippen LogP contribution is -2.40. The van der Waals surface area contributed by atoms with E-state index in [9.17, 15) is 5.11 Å². The average molecular weight is 227 g/mol. The molecule has 5 heteroatoms. The Kier molecular flexibility index (Phi) is 4.46. The summed E-state index contributed by atoms with van der Waals surface area (Å²) in [5, 5.41) is 25.8. The predicted octanol–water partition coefficient (Wildman–Crippen LogP) is 0.297. The lowest BCUT2D eigenvalue weighted by molar-refractivity contribution is 0.00248. The van der Waals surface area contributed by atoms with Gasteiger partial charge in [0.05, 0.1) is 17.9 Å². The Morgan fingerprint density at radius 3 is 2.75 bits per heavy atom. The van der Waals surface area contributed by atoms with E-state index < -0.39 is 5.60 Å². The lowest BCUT2D eigenvalue weighted by Gasteiger charge is -2.20. The first-order chi connectivity index (χ1) is 7.44. The third-order valence-electron chi connectivity index (χ3n) is 2.35. The van der Waals surface area contributed by atoms with Gasteiger partial charge in [-0.05, 0) is 26.8 Å². The predicted molar refractivity (Wildman–Crippen MR) is 62.0 cm³/mol. The highest BCUT2D eigenvalue weighted by molar-refractivity contribution is 4.99. The van der Waals surface area contributed by atoms with Crippen molar-refractivity contribution < 1.29 is 10.2 Å². The number of nitrogens with one attached hydrogen (secondary N) is 1. The molecule has 0 aliphatic rings. The highest BCUT2D eigenvalue weighted by atomic mass is 16.3. The van der Waals surface area contributed by atoms with Crippen LogP contribution in [0.2, 0.25) is 0 Å². The number of nitrogens with zero attached hydrogens (tertiary/aromatic N) is 2. The van der Waals surface area contributed by atoms with Crippen LogP contribution in [0.5, 0.6) is 0 Å². The summed E-state index contributed by atoms with van der Waals surface area (Å²) in [6.07, 6.45) is 1.94. The maximum Gasteiger partial charge on any atom is 0.0972 e. The number of aromatic nitrogens is 2.